The molecular weight excluding hydrogens is 336 g/mol. The van der Waals surface area contributed by atoms with Crippen LogP contribution in [0.3, 0.4) is 0 Å². The maximum atomic E-state index is 11.8. The number of hydrogen-bond donors (Lipinski definition) is 2. The van der Waals surface area contributed by atoms with Crippen molar-refractivity contribution in [1.29, 1.82) is 0 Å². The molecule has 2 aromatic carbocycles. The average molecular weight is 361 g/mol. The molecule has 0 saturated heterocycles. The summed E-state index contributed by atoms with van der Waals surface area (Å²) in [5.41, 5.74) is 10.2. The molecule has 1 amide bonds. The van der Waals surface area contributed by atoms with E-state index in [1.54, 1.807) is 0 Å². The van der Waals surface area contributed by atoms with Gasteiger partial charge in [-0.15, -0.1) is 12.4 Å². The summed E-state index contributed by atoms with van der Waals surface area (Å²) in [5, 5.41) is 2.91. The second kappa shape index (κ2) is 8.88. The molecule has 4 nitrogen and oxygen atoms in total. The van der Waals surface area contributed by atoms with Gasteiger partial charge < -0.3 is 15.8 Å². The molecule has 0 aliphatic carbocycles. The number of rotatable bonds is 5. The summed E-state index contributed by atoms with van der Waals surface area (Å²) in [7, 11) is 0. The predicted molar refractivity (Wildman–Crippen MR) is 103 cm³/mol. The number of carbonyl (C=O) groups excluding carboxylic acids is 1. The highest BCUT2D eigenvalue weighted by atomic mass is 35.5. The highest BCUT2D eigenvalue weighted by Gasteiger charge is 2.12. The van der Waals surface area contributed by atoms with Crippen LogP contribution in [0.4, 0.5) is 0 Å². The van der Waals surface area contributed by atoms with Crippen LogP contribution < -0.4 is 15.8 Å². The summed E-state index contributed by atoms with van der Waals surface area (Å²) < 4.78 is 5.67. The zero-order valence-electron chi connectivity index (χ0n) is 14.5. The first-order valence-corrected chi connectivity index (χ1v) is 8.50. The Kier molecular flexibility index (Phi) is 6.85. The summed E-state index contributed by atoms with van der Waals surface area (Å²) >= 11 is 0. The van der Waals surface area contributed by atoms with Gasteiger partial charge in [-0.1, -0.05) is 37.3 Å². The Morgan fingerprint density at radius 1 is 1.20 bits per heavy atom. The van der Waals surface area contributed by atoms with Crippen LogP contribution in [0, 0.1) is 5.92 Å². The van der Waals surface area contributed by atoms with Gasteiger partial charge in [-0.25, -0.2) is 0 Å². The van der Waals surface area contributed by atoms with Crippen molar-refractivity contribution >= 4 is 18.3 Å². The monoisotopic (exact) mass is 360 g/mol. The summed E-state index contributed by atoms with van der Waals surface area (Å²) in [6.45, 7) is 3.54. The number of halogens is 1. The predicted octanol–water partition coefficient (Wildman–Crippen LogP) is 3.31. The lowest BCUT2D eigenvalue weighted by atomic mass is 9.98. The molecule has 1 aliphatic rings. The van der Waals surface area contributed by atoms with E-state index in [-0.39, 0.29) is 24.2 Å². The Hall–Kier alpha value is -2.04. The number of fused-ring (bicyclic) bond motifs is 1. The number of nitrogens with one attached hydrogen (secondary N) is 1. The zero-order chi connectivity index (χ0) is 16.9. The van der Waals surface area contributed by atoms with Crippen LogP contribution in [-0.4, -0.2) is 19.1 Å². The molecule has 0 radical (unpaired) electrons. The smallest absolute Gasteiger partial charge is 0.224 e. The van der Waals surface area contributed by atoms with E-state index in [9.17, 15) is 4.79 Å². The van der Waals surface area contributed by atoms with Crippen molar-refractivity contribution in [3.63, 3.8) is 0 Å². The van der Waals surface area contributed by atoms with Crippen molar-refractivity contribution in [1.82, 2.24) is 5.32 Å². The molecule has 3 N–H and O–H groups in total. The molecule has 2 aromatic rings. The molecular formula is C20H25ClN2O2. The molecule has 5 heteroatoms. The fourth-order valence-electron chi connectivity index (χ4n) is 2.83. The Bertz CT molecular complexity index is 716. The van der Waals surface area contributed by atoms with Gasteiger partial charge in [0.2, 0.25) is 5.91 Å². The Morgan fingerprint density at radius 2 is 1.92 bits per heavy atom. The van der Waals surface area contributed by atoms with E-state index in [1.807, 2.05) is 6.92 Å². The Labute approximate surface area is 155 Å². The van der Waals surface area contributed by atoms with Crippen molar-refractivity contribution in [3.8, 4) is 16.9 Å². The quantitative estimate of drug-likeness (QED) is 0.859. The third-order valence-electron chi connectivity index (χ3n) is 4.46. The van der Waals surface area contributed by atoms with E-state index in [0.717, 1.165) is 30.8 Å². The first kappa shape index (κ1) is 19.3. The van der Waals surface area contributed by atoms with E-state index in [4.69, 9.17) is 10.5 Å². The van der Waals surface area contributed by atoms with Crippen LogP contribution in [0.5, 0.6) is 5.75 Å². The van der Waals surface area contributed by atoms with Crippen LogP contribution in [0.1, 0.15) is 24.5 Å². The lowest BCUT2D eigenvalue weighted by molar-refractivity contribution is -0.124. The second-order valence-corrected chi connectivity index (χ2v) is 6.33. The highest BCUT2D eigenvalue weighted by Crippen LogP contribution is 2.30. The Morgan fingerprint density at radius 3 is 2.64 bits per heavy atom. The van der Waals surface area contributed by atoms with Crippen molar-refractivity contribution in [3.05, 3.63) is 53.6 Å². The maximum absolute atomic E-state index is 11.8. The minimum absolute atomic E-state index is 0. The summed E-state index contributed by atoms with van der Waals surface area (Å²) in [4.78, 5) is 11.8. The van der Waals surface area contributed by atoms with Gasteiger partial charge in [0.1, 0.15) is 5.75 Å². The fourth-order valence-corrected chi connectivity index (χ4v) is 2.83. The van der Waals surface area contributed by atoms with Gasteiger partial charge in [-0.2, -0.15) is 0 Å². The van der Waals surface area contributed by atoms with Crippen molar-refractivity contribution in [2.75, 3.05) is 13.2 Å². The molecule has 0 aromatic heterocycles. The van der Waals surface area contributed by atoms with E-state index >= 15 is 0 Å². The molecule has 0 fully saturated rings. The number of carbonyl (C=O) groups is 1. The van der Waals surface area contributed by atoms with Crippen LogP contribution >= 0.6 is 12.4 Å². The van der Waals surface area contributed by atoms with Gasteiger partial charge in [-0.3, -0.25) is 4.79 Å². The largest absolute Gasteiger partial charge is 0.493 e. The first-order chi connectivity index (χ1) is 11.7. The lowest BCUT2D eigenvalue weighted by Gasteiger charge is -2.18. The summed E-state index contributed by atoms with van der Waals surface area (Å²) in [5.74, 6) is 0.858. The third-order valence-corrected chi connectivity index (χ3v) is 4.46. The van der Waals surface area contributed by atoms with Crippen molar-refractivity contribution in [2.45, 2.75) is 26.3 Å². The van der Waals surface area contributed by atoms with Crippen LogP contribution in [0.2, 0.25) is 0 Å². The van der Waals surface area contributed by atoms with Gasteiger partial charge in [0.25, 0.3) is 0 Å². The lowest BCUT2D eigenvalue weighted by Crippen LogP contribution is -2.32. The normalized spacial score (nSPS) is 13.8. The molecule has 1 aliphatic heterocycles. The zero-order valence-corrected chi connectivity index (χ0v) is 15.3. The fraction of sp³-hybridized carbons (Fsp3) is 0.350. The number of amides is 1. The highest BCUT2D eigenvalue weighted by molar-refractivity contribution is 5.85. The second-order valence-electron chi connectivity index (χ2n) is 6.33. The van der Waals surface area contributed by atoms with Crippen molar-refractivity contribution in [2.24, 2.45) is 11.7 Å². The number of aryl methyl sites for hydroxylation is 1. The standard InChI is InChI=1S/C20H24N2O2.ClH/c1-14(12-21)20(23)22-13-15-4-6-16(7-5-15)17-8-9-19-18(11-17)3-2-10-24-19;/h4-9,11,14H,2-3,10,12-13,21H2,1H3,(H,22,23);1H. The van der Waals surface area contributed by atoms with E-state index in [2.05, 4.69) is 47.8 Å². The topological polar surface area (TPSA) is 64.4 Å². The maximum Gasteiger partial charge on any atom is 0.224 e. The first-order valence-electron chi connectivity index (χ1n) is 8.50. The van der Waals surface area contributed by atoms with Crippen molar-refractivity contribution < 1.29 is 9.53 Å². The van der Waals surface area contributed by atoms with Gasteiger partial charge >= 0.3 is 0 Å². The molecule has 0 bridgehead atoms. The number of benzene rings is 2. The molecule has 0 spiro atoms. The molecule has 0 saturated carbocycles. The SMILES string of the molecule is CC(CN)C(=O)NCc1ccc(-c2ccc3c(c2)CCCO3)cc1.Cl. The summed E-state index contributed by atoms with van der Waals surface area (Å²) in [6, 6.07) is 14.7. The number of hydrogen-bond acceptors (Lipinski definition) is 3. The van der Waals surface area contributed by atoms with E-state index in [0.29, 0.717) is 13.1 Å². The van der Waals surface area contributed by atoms with Gasteiger partial charge in [0, 0.05) is 19.0 Å². The Balaban J connectivity index is 0.00000225. The van der Waals surface area contributed by atoms with Crippen LogP contribution in [-0.2, 0) is 17.8 Å². The molecule has 1 heterocycles. The summed E-state index contributed by atoms with van der Waals surface area (Å²) in [6.07, 6.45) is 2.16. The third kappa shape index (κ3) is 4.74. The average Bonchev–Trinajstić information content (AvgIpc) is 2.65. The molecule has 3 rings (SSSR count). The number of nitrogens with two attached hydrogens (primary N) is 1. The van der Waals surface area contributed by atoms with Crippen LogP contribution in [0.15, 0.2) is 42.5 Å². The molecule has 134 valence electrons. The minimum Gasteiger partial charge on any atom is -0.493 e. The van der Waals surface area contributed by atoms with E-state index < -0.39 is 0 Å². The van der Waals surface area contributed by atoms with Gasteiger partial charge in [-0.05, 0) is 47.2 Å². The molecule has 1 unspecified atom stereocenters. The number of ether oxygens (including phenoxy) is 1. The molecule has 25 heavy (non-hydrogen) atoms. The van der Waals surface area contributed by atoms with E-state index in [1.165, 1.54) is 16.7 Å². The van der Waals surface area contributed by atoms with Crippen LogP contribution in [0.25, 0.3) is 11.1 Å². The van der Waals surface area contributed by atoms with Gasteiger partial charge in [0.15, 0.2) is 0 Å². The minimum atomic E-state index is -0.151. The van der Waals surface area contributed by atoms with Gasteiger partial charge in [0.05, 0.1) is 6.61 Å². The molecule has 1 atom stereocenters.